The maximum absolute atomic E-state index is 9.55. The third-order valence-corrected chi connectivity index (χ3v) is 3.67. The summed E-state index contributed by atoms with van der Waals surface area (Å²) in [5, 5.41) is 17.8. The minimum absolute atomic E-state index is 0.130. The van der Waals surface area contributed by atoms with Crippen molar-refractivity contribution in [2.24, 2.45) is 0 Å². The second kappa shape index (κ2) is 5.50. The van der Waals surface area contributed by atoms with Gasteiger partial charge in [-0.05, 0) is 43.2 Å². The normalized spacial score (nSPS) is 10.8. The van der Waals surface area contributed by atoms with Gasteiger partial charge in [0.2, 0.25) is 0 Å². The zero-order valence-corrected chi connectivity index (χ0v) is 12.1. The second-order valence-corrected chi connectivity index (χ2v) is 5.09. The Bertz CT molecular complexity index is 763. The Labute approximate surface area is 123 Å². The zero-order valence-electron chi connectivity index (χ0n) is 12.1. The summed E-state index contributed by atoms with van der Waals surface area (Å²) in [6.45, 7) is 4.03. The maximum Gasteiger partial charge on any atom is 0.117 e. The molecule has 0 spiro atoms. The van der Waals surface area contributed by atoms with E-state index in [0.29, 0.717) is 5.69 Å². The molecular formula is C17H17N3O. The highest BCUT2D eigenvalue weighted by Gasteiger charge is 2.15. The molecule has 0 unspecified atom stereocenters. The van der Waals surface area contributed by atoms with Crippen LogP contribution in [0, 0.1) is 13.8 Å². The number of aromatic nitrogens is 3. The molecule has 0 saturated heterocycles. The molecule has 0 atom stereocenters. The fourth-order valence-corrected chi connectivity index (χ4v) is 2.35. The SMILES string of the molecule is Cc1ccc(-c2c(CO)nnn2-c2ccccc2)cc1C. The van der Waals surface area contributed by atoms with Crippen molar-refractivity contribution in [1.29, 1.82) is 0 Å². The number of aliphatic hydroxyl groups is 1. The first-order chi connectivity index (χ1) is 10.2. The van der Waals surface area contributed by atoms with Crippen LogP contribution in [0.2, 0.25) is 0 Å². The molecule has 0 saturated carbocycles. The quantitative estimate of drug-likeness (QED) is 0.801. The molecular weight excluding hydrogens is 262 g/mol. The van der Waals surface area contributed by atoms with E-state index in [-0.39, 0.29) is 6.61 Å². The molecule has 0 aliphatic carbocycles. The number of para-hydroxylation sites is 1. The monoisotopic (exact) mass is 279 g/mol. The van der Waals surface area contributed by atoms with Crippen LogP contribution < -0.4 is 0 Å². The van der Waals surface area contributed by atoms with Crippen molar-refractivity contribution in [2.45, 2.75) is 20.5 Å². The smallest absolute Gasteiger partial charge is 0.117 e. The first-order valence-electron chi connectivity index (χ1n) is 6.89. The van der Waals surface area contributed by atoms with E-state index in [9.17, 15) is 5.11 Å². The molecule has 0 aliphatic heterocycles. The predicted octanol–water partition coefficient (Wildman–Crippen LogP) is 3.04. The Morgan fingerprint density at radius 3 is 2.43 bits per heavy atom. The van der Waals surface area contributed by atoms with Gasteiger partial charge in [-0.2, -0.15) is 0 Å². The Kier molecular flexibility index (Phi) is 3.54. The predicted molar refractivity (Wildman–Crippen MR) is 82.2 cm³/mol. The van der Waals surface area contributed by atoms with Crippen LogP contribution in [-0.2, 0) is 6.61 Å². The van der Waals surface area contributed by atoms with Gasteiger partial charge in [-0.3, -0.25) is 0 Å². The molecule has 0 amide bonds. The molecule has 3 aromatic rings. The van der Waals surface area contributed by atoms with Gasteiger partial charge in [0, 0.05) is 5.56 Å². The van der Waals surface area contributed by atoms with Crippen molar-refractivity contribution in [3.63, 3.8) is 0 Å². The van der Waals surface area contributed by atoms with Crippen molar-refractivity contribution >= 4 is 0 Å². The molecule has 4 heteroatoms. The maximum atomic E-state index is 9.55. The Morgan fingerprint density at radius 1 is 1.00 bits per heavy atom. The number of aliphatic hydroxyl groups excluding tert-OH is 1. The van der Waals surface area contributed by atoms with Gasteiger partial charge in [-0.25, -0.2) is 4.68 Å². The zero-order chi connectivity index (χ0) is 14.8. The summed E-state index contributed by atoms with van der Waals surface area (Å²) < 4.78 is 1.77. The van der Waals surface area contributed by atoms with Crippen LogP contribution in [0.4, 0.5) is 0 Å². The van der Waals surface area contributed by atoms with Gasteiger partial charge in [-0.1, -0.05) is 35.5 Å². The van der Waals surface area contributed by atoms with E-state index in [1.54, 1.807) is 4.68 Å². The van der Waals surface area contributed by atoms with Gasteiger partial charge < -0.3 is 5.11 Å². The molecule has 1 heterocycles. The minimum atomic E-state index is -0.130. The third-order valence-electron chi connectivity index (χ3n) is 3.67. The molecule has 1 aromatic heterocycles. The van der Waals surface area contributed by atoms with E-state index >= 15 is 0 Å². The third kappa shape index (κ3) is 2.45. The fraction of sp³-hybridized carbons (Fsp3) is 0.176. The molecule has 106 valence electrons. The fourth-order valence-electron chi connectivity index (χ4n) is 2.35. The average molecular weight is 279 g/mol. The lowest BCUT2D eigenvalue weighted by Gasteiger charge is -2.09. The number of benzene rings is 2. The summed E-state index contributed by atoms with van der Waals surface area (Å²) in [6.07, 6.45) is 0. The highest BCUT2D eigenvalue weighted by molar-refractivity contribution is 5.65. The van der Waals surface area contributed by atoms with Crippen LogP contribution >= 0.6 is 0 Å². The van der Waals surface area contributed by atoms with E-state index in [1.807, 2.05) is 36.4 Å². The van der Waals surface area contributed by atoms with Crippen LogP contribution in [-0.4, -0.2) is 20.1 Å². The number of hydrogen-bond acceptors (Lipinski definition) is 3. The van der Waals surface area contributed by atoms with E-state index in [1.165, 1.54) is 11.1 Å². The molecule has 0 bridgehead atoms. The van der Waals surface area contributed by atoms with Crippen molar-refractivity contribution in [3.05, 3.63) is 65.4 Å². The highest BCUT2D eigenvalue weighted by atomic mass is 16.3. The lowest BCUT2D eigenvalue weighted by atomic mass is 10.0. The van der Waals surface area contributed by atoms with Gasteiger partial charge >= 0.3 is 0 Å². The van der Waals surface area contributed by atoms with Crippen molar-refractivity contribution in [2.75, 3.05) is 0 Å². The van der Waals surface area contributed by atoms with E-state index in [0.717, 1.165) is 16.9 Å². The molecule has 4 nitrogen and oxygen atoms in total. The van der Waals surface area contributed by atoms with Gasteiger partial charge in [0.15, 0.2) is 0 Å². The summed E-state index contributed by atoms with van der Waals surface area (Å²) in [5.41, 5.74) is 5.81. The van der Waals surface area contributed by atoms with Crippen molar-refractivity contribution in [1.82, 2.24) is 15.0 Å². The van der Waals surface area contributed by atoms with E-state index in [4.69, 9.17) is 0 Å². The number of aryl methyl sites for hydroxylation is 2. The van der Waals surface area contributed by atoms with Crippen LogP contribution in [0.5, 0.6) is 0 Å². The summed E-state index contributed by atoms with van der Waals surface area (Å²) in [7, 11) is 0. The van der Waals surface area contributed by atoms with Gasteiger partial charge in [0.1, 0.15) is 11.4 Å². The largest absolute Gasteiger partial charge is 0.390 e. The number of rotatable bonds is 3. The standard InChI is InChI=1S/C17H17N3O/c1-12-8-9-14(10-13(12)2)17-16(11-21)18-19-20(17)15-6-4-3-5-7-15/h3-10,21H,11H2,1-2H3. The topological polar surface area (TPSA) is 50.9 Å². The van der Waals surface area contributed by atoms with E-state index in [2.05, 4.69) is 36.3 Å². The molecule has 21 heavy (non-hydrogen) atoms. The average Bonchev–Trinajstić information content (AvgIpc) is 2.95. The minimum Gasteiger partial charge on any atom is -0.390 e. The van der Waals surface area contributed by atoms with Crippen LogP contribution in [0.3, 0.4) is 0 Å². The van der Waals surface area contributed by atoms with Gasteiger partial charge in [0.05, 0.1) is 12.3 Å². The molecule has 2 aromatic carbocycles. The summed E-state index contributed by atoms with van der Waals surface area (Å²) in [4.78, 5) is 0. The molecule has 1 N–H and O–H groups in total. The van der Waals surface area contributed by atoms with E-state index < -0.39 is 0 Å². The van der Waals surface area contributed by atoms with Crippen LogP contribution in [0.1, 0.15) is 16.8 Å². The summed E-state index contributed by atoms with van der Waals surface area (Å²) in [5.74, 6) is 0. The summed E-state index contributed by atoms with van der Waals surface area (Å²) >= 11 is 0. The summed E-state index contributed by atoms with van der Waals surface area (Å²) in [6, 6.07) is 16.0. The first-order valence-corrected chi connectivity index (χ1v) is 6.89. The van der Waals surface area contributed by atoms with Crippen LogP contribution in [0.15, 0.2) is 48.5 Å². The molecule has 0 radical (unpaired) electrons. The van der Waals surface area contributed by atoms with Gasteiger partial charge in [0.25, 0.3) is 0 Å². The highest BCUT2D eigenvalue weighted by Crippen LogP contribution is 2.27. The molecule has 3 rings (SSSR count). The number of hydrogen-bond donors (Lipinski definition) is 1. The first kappa shape index (κ1) is 13.5. The Balaban J connectivity index is 2.21. The van der Waals surface area contributed by atoms with Crippen LogP contribution in [0.25, 0.3) is 16.9 Å². The Morgan fingerprint density at radius 2 is 1.76 bits per heavy atom. The molecule has 0 fully saturated rings. The molecule has 0 aliphatic rings. The Hall–Kier alpha value is -2.46. The van der Waals surface area contributed by atoms with Gasteiger partial charge in [-0.15, -0.1) is 5.10 Å². The lowest BCUT2D eigenvalue weighted by Crippen LogP contribution is -2.00. The lowest BCUT2D eigenvalue weighted by molar-refractivity contribution is 0.277. The second-order valence-electron chi connectivity index (χ2n) is 5.09. The van der Waals surface area contributed by atoms with Crippen molar-refractivity contribution in [3.8, 4) is 16.9 Å². The van der Waals surface area contributed by atoms with Crippen molar-refractivity contribution < 1.29 is 5.11 Å². The number of nitrogens with zero attached hydrogens (tertiary/aromatic N) is 3.